The van der Waals surface area contributed by atoms with Crippen LogP contribution in [0, 0.1) is 5.92 Å². The molecule has 86 valence electrons. The topological polar surface area (TPSA) is 64.1 Å². The summed E-state index contributed by atoms with van der Waals surface area (Å²) in [7, 11) is 1.33. The van der Waals surface area contributed by atoms with Crippen molar-refractivity contribution < 1.29 is 9.53 Å². The molecule has 2 rings (SSSR count). The van der Waals surface area contributed by atoms with E-state index in [9.17, 15) is 4.79 Å². The quantitative estimate of drug-likeness (QED) is 0.763. The van der Waals surface area contributed by atoms with E-state index in [1.54, 1.807) is 12.1 Å². The van der Waals surface area contributed by atoms with E-state index in [0.717, 1.165) is 12.5 Å². The minimum absolute atomic E-state index is 0.232. The van der Waals surface area contributed by atoms with E-state index < -0.39 is 5.97 Å². The van der Waals surface area contributed by atoms with Crippen LogP contribution in [0.1, 0.15) is 29.8 Å². The average Bonchev–Trinajstić information content (AvgIpc) is 3.13. The van der Waals surface area contributed by atoms with Crippen molar-refractivity contribution in [3.63, 3.8) is 0 Å². The van der Waals surface area contributed by atoms with Gasteiger partial charge >= 0.3 is 5.97 Å². The summed E-state index contributed by atoms with van der Waals surface area (Å²) in [5.41, 5.74) is 0.232. The molecule has 0 saturated heterocycles. The summed E-state index contributed by atoms with van der Waals surface area (Å²) in [4.78, 5) is 11.1. The van der Waals surface area contributed by atoms with Crippen LogP contribution in [-0.4, -0.2) is 29.8 Å². The molecule has 1 aromatic heterocycles. The highest BCUT2D eigenvalue weighted by molar-refractivity contribution is 5.86. The van der Waals surface area contributed by atoms with Crippen LogP contribution in [-0.2, 0) is 4.74 Å². The van der Waals surface area contributed by atoms with Crippen LogP contribution in [0.25, 0.3) is 0 Å². The largest absolute Gasteiger partial charge is 0.464 e. The first-order valence-electron chi connectivity index (χ1n) is 5.45. The van der Waals surface area contributed by atoms with Gasteiger partial charge in [0.05, 0.1) is 7.11 Å². The zero-order valence-corrected chi connectivity index (χ0v) is 9.27. The number of nitrogens with one attached hydrogen (secondary N) is 1. The second-order valence-electron chi connectivity index (χ2n) is 3.95. The summed E-state index contributed by atoms with van der Waals surface area (Å²) in [5, 5.41) is 10.9. The van der Waals surface area contributed by atoms with Crippen LogP contribution in [0.4, 0.5) is 5.82 Å². The van der Waals surface area contributed by atoms with E-state index in [0.29, 0.717) is 5.82 Å². The fourth-order valence-corrected chi connectivity index (χ4v) is 1.45. The summed E-state index contributed by atoms with van der Waals surface area (Å²) in [6, 6.07) is 3.35. The maximum atomic E-state index is 11.1. The number of esters is 1. The number of hydrogen-bond acceptors (Lipinski definition) is 5. The predicted octanol–water partition coefficient (Wildman–Crippen LogP) is 1.48. The van der Waals surface area contributed by atoms with E-state index in [-0.39, 0.29) is 5.69 Å². The smallest absolute Gasteiger partial charge is 0.358 e. The van der Waals surface area contributed by atoms with Gasteiger partial charge in [-0.2, -0.15) is 0 Å². The van der Waals surface area contributed by atoms with Crippen LogP contribution in [0.5, 0.6) is 0 Å². The lowest BCUT2D eigenvalue weighted by atomic mass is 10.3. The molecule has 0 spiro atoms. The molecule has 1 heterocycles. The van der Waals surface area contributed by atoms with E-state index in [4.69, 9.17) is 0 Å². The van der Waals surface area contributed by atoms with E-state index >= 15 is 0 Å². The number of rotatable bonds is 5. The zero-order chi connectivity index (χ0) is 11.4. The number of anilines is 1. The number of carbonyl (C=O) groups is 1. The van der Waals surface area contributed by atoms with Crippen molar-refractivity contribution in [3.8, 4) is 0 Å². The Morgan fingerprint density at radius 3 is 2.88 bits per heavy atom. The van der Waals surface area contributed by atoms with Gasteiger partial charge in [-0.3, -0.25) is 0 Å². The van der Waals surface area contributed by atoms with Crippen molar-refractivity contribution in [2.75, 3.05) is 19.0 Å². The number of carbonyl (C=O) groups excluding carboxylic acids is 1. The monoisotopic (exact) mass is 221 g/mol. The van der Waals surface area contributed by atoms with Crippen molar-refractivity contribution in [1.29, 1.82) is 0 Å². The normalized spacial score (nSPS) is 14.6. The van der Waals surface area contributed by atoms with Crippen LogP contribution in [0.2, 0.25) is 0 Å². The van der Waals surface area contributed by atoms with Gasteiger partial charge in [-0.25, -0.2) is 4.79 Å². The summed E-state index contributed by atoms with van der Waals surface area (Å²) >= 11 is 0. The number of aromatic nitrogens is 2. The molecule has 1 N–H and O–H groups in total. The highest BCUT2D eigenvalue weighted by atomic mass is 16.5. The number of hydrogen-bond donors (Lipinski definition) is 1. The molecule has 16 heavy (non-hydrogen) atoms. The minimum atomic E-state index is -0.461. The third kappa shape index (κ3) is 2.92. The highest BCUT2D eigenvalue weighted by Gasteiger charge is 2.20. The molecule has 0 radical (unpaired) electrons. The summed E-state index contributed by atoms with van der Waals surface area (Å²) < 4.78 is 4.54. The summed E-state index contributed by atoms with van der Waals surface area (Å²) in [6.07, 6.45) is 3.89. The molecule has 1 aromatic rings. The number of ether oxygens (including phenoxy) is 1. The second-order valence-corrected chi connectivity index (χ2v) is 3.95. The highest BCUT2D eigenvalue weighted by Crippen LogP contribution is 2.31. The Hall–Kier alpha value is -1.65. The van der Waals surface area contributed by atoms with Crippen LogP contribution in [0.3, 0.4) is 0 Å². The molecular formula is C11H15N3O2. The Morgan fingerprint density at radius 1 is 1.50 bits per heavy atom. The Kier molecular flexibility index (Phi) is 3.34. The van der Waals surface area contributed by atoms with E-state index in [1.165, 1.54) is 26.4 Å². The zero-order valence-electron chi connectivity index (χ0n) is 9.27. The first-order chi connectivity index (χ1) is 7.79. The molecule has 1 aliphatic rings. The Bertz CT molecular complexity index is 360. The molecule has 0 unspecified atom stereocenters. The van der Waals surface area contributed by atoms with Gasteiger partial charge in [0.15, 0.2) is 5.69 Å². The lowest BCUT2D eigenvalue weighted by molar-refractivity contribution is 0.0593. The van der Waals surface area contributed by atoms with Crippen molar-refractivity contribution in [2.24, 2.45) is 5.92 Å². The molecule has 0 amide bonds. The van der Waals surface area contributed by atoms with Crippen LogP contribution in [0.15, 0.2) is 12.1 Å². The maximum Gasteiger partial charge on any atom is 0.358 e. The van der Waals surface area contributed by atoms with Gasteiger partial charge in [-0.1, -0.05) is 12.8 Å². The van der Waals surface area contributed by atoms with Crippen molar-refractivity contribution in [2.45, 2.75) is 19.3 Å². The minimum Gasteiger partial charge on any atom is -0.464 e. The SMILES string of the molecule is COC(=O)c1ccc(NCCC2CC2)nn1. The lowest BCUT2D eigenvalue weighted by Crippen LogP contribution is -2.09. The molecule has 5 heteroatoms. The molecule has 1 fully saturated rings. The van der Waals surface area contributed by atoms with Crippen molar-refractivity contribution in [3.05, 3.63) is 17.8 Å². The molecule has 0 atom stereocenters. The molecule has 5 nitrogen and oxygen atoms in total. The molecule has 0 bridgehead atoms. The van der Waals surface area contributed by atoms with Crippen LogP contribution >= 0.6 is 0 Å². The molecular weight excluding hydrogens is 206 g/mol. The van der Waals surface area contributed by atoms with Gasteiger partial charge in [0.2, 0.25) is 0 Å². The number of nitrogens with zero attached hydrogens (tertiary/aromatic N) is 2. The van der Waals surface area contributed by atoms with Gasteiger partial charge in [0, 0.05) is 6.54 Å². The standard InChI is InChI=1S/C11H15N3O2/c1-16-11(15)9-4-5-10(14-13-9)12-7-6-8-2-3-8/h4-5,8H,2-3,6-7H2,1H3,(H,12,14). The van der Waals surface area contributed by atoms with E-state index in [1.807, 2.05) is 0 Å². The van der Waals surface area contributed by atoms with Crippen molar-refractivity contribution in [1.82, 2.24) is 10.2 Å². The Labute approximate surface area is 94.2 Å². The molecule has 0 aromatic carbocycles. The number of methoxy groups -OCH3 is 1. The fourth-order valence-electron chi connectivity index (χ4n) is 1.45. The molecule has 0 aliphatic heterocycles. The average molecular weight is 221 g/mol. The fraction of sp³-hybridized carbons (Fsp3) is 0.545. The van der Waals surface area contributed by atoms with Gasteiger partial charge in [0.25, 0.3) is 0 Å². The van der Waals surface area contributed by atoms with Crippen molar-refractivity contribution >= 4 is 11.8 Å². The summed E-state index contributed by atoms with van der Waals surface area (Å²) in [6.45, 7) is 0.914. The van der Waals surface area contributed by atoms with Crippen LogP contribution < -0.4 is 5.32 Å². The third-order valence-electron chi connectivity index (χ3n) is 2.61. The predicted molar refractivity (Wildman–Crippen MR) is 59.2 cm³/mol. The van der Waals surface area contributed by atoms with Gasteiger partial charge in [-0.05, 0) is 24.5 Å². The van der Waals surface area contributed by atoms with Gasteiger partial charge in [0.1, 0.15) is 5.82 Å². The van der Waals surface area contributed by atoms with Gasteiger partial charge < -0.3 is 10.1 Å². The third-order valence-corrected chi connectivity index (χ3v) is 2.61. The molecule has 1 saturated carbocycles. The Balaban J connectivity index is 1.83. The summed E-state index contributed by atoms with van der Waals surface area (Å²) in [5.74, 6) is 1.14. The second kappa shape index (κ2) is 4.92. The maximum absolute atomic E-state index is 11.1. The van der Waals surface area contributed by atoms with Gasteiger partial charge in [-0.15, -0.1) is 10.2 Å². The van der Waals surface area contributed by atoms with E-state index in [2.05, 4.69) is 20.3 Å². The molecule has 1 aliphatic carbocycles. The first kappa shape index (κ1) is 10.9. The lowest BCUT2D eigenvalue weighted by Gasteiger charge is -2.04. The first-order valence-corrected chi connectivity index (χ1v) is 5.45. The Morgan fingerprint density at radius 2 is 2.31 bits per heavy atom.